The first-order chi connectivity index (χ1) is 12.1. The predicted molar refractivity (Wildman–Crippen MR) is 94.8 cm³/mol. The number of nitrogens with zero attached hydrogens (tertiary/aromatic N) is 1. The van der Waals surface area contributed by atoms with E-state index in [0.717, 1.165) is 24.0 Å². The molecule has 1 atom stereocenters. The quantitative estimate of drug-likeness (QED) is 0.839. The molecule has 1 aliphatic rings. The van der Waals surface area contributed by atoms with E-state index < -0.39 is 11.9 Å². The van der Waals surface area contributed by atoms with E-state index in [1.807, 2.05) is 48.3 Å². The molecule has 1 amide bonds. The van der Waals surface area contributed by atoms with Gasteiger partial charge in [-0.3, -0.25) is 9.69 Å². The normalized spacial score (nSPS) is 15.0. The Hall–Kier alpha value is -2.40. The zero-order valence-electron chi connectivity index (χ0n) is 14.5. The molecule has 0 unspecified atom stereocenters. The van der Waals surface area contributed by atoms with E-state index in [9.17, 15) is 9.18 Å². The molecular formula is C20H23FN2O2. The lowest BCUT2D eigenvalue weighted by atomic mass is 10.0. The summed E-state index contributed by atoms with van der Waals surface area (Å²) in [6.45, 7) is 0.457. The third kappa shape index (κ3) is 4.37. The highest BCUT2D eigenvalue weighted by atomic mass is 19.1. The molecule has 0 spiro atoms. The first kappa shape index (κ1) is 17.4. The molecule has 0 heterocycles. The monoisotopic (exact) mass is 342 g/mol. The maximum Gasteiger partial charge on any atom is 0.242 e. The number of methoxy groups -OCH3 is 1. The summed E-state index contributed by atoms with van der Waals surface area (Å²) in [7, 11) is 3.32. The van der Waals surface area contributed by atoms with Gasteiger partial charge in [-0.25, -0.2) is 4.39 Å². The molecule has 2 aromatic carbocycles. The second kappa shape index (κ2) is 7.66. The Balaban J connectivity index is 1.79. The third-order valence-corrected chi connectivity index (χ3v) is 4.38. The van der Waals surface area contributed by atoms with Crippen LogP contribution in [0.5, 0.6) is 5.75 Å². The van der Waals surface area contributed by atoms with Gasteiger partial charge in [0.2, 0.25) is 5.91 Å². The third-order valence-electron chi connectivity index (χ3n) is 4.38. The molecule has 1 aliphatic carbocycles. The lowest BCUT2D eigenvalue weighted by Crippen LogP contribution is -2.39. The summed E-state index contributed by atoms with van der Waals surface area (Å²) in [5, 5.41) is 3.07. The van der Waals surface area contributed by atoms with Crippen LogP contribution in [0, 0.1) is 5.82 Å². The molecule has 25 heavy (non-hydrogen) atoms. The summed E-state index contributed by atoms with van der Waals surface area (Å²) < 4.78 is 18.9. The highest BCUT2D eigenvalue weighted by molar-refractivity contribution is 5.83. The van der Waals surface area contributed by atoms with Crippen LogP contribution in [0.4, 0.5) is 4.39 Å². The first-order valence-electron chi connectivity index (χ1n) is 8.46. The van der Waals surface area contributed by atoms with E-state index in [2.05, 4.69) is 5.32 Å². The average Bonchev–Trinajstić information content (AvgIpc) is 3.40. The lowest BCUT2D eigenvalue weighted by Gasteiger charge is -2.28. The Morgan fingerprint density at radius 1 is 1.28 bits per heavy atom. The van der Waals surface area contributed by atoms with E-state index in [4.69, 9.17) is 4.74 Å². The van der Waals surface area contributed by atoms with Crippen molar-refractivity contribution in [2.75, 3.05) is 14.2 Å². The van der Waals surface area contributed by atoms with Crippen LogP contribution in [0.3, 0.4) is 0 Å². The Morgan fingerprint density at radius 3 is 2.60 bits per heavy atom. The van der Waals surface area contributed by atoms with E-state index >= 15 is 0 Å². The number of likely N-dealkylation sites (N-methyl/N-ethyl adjacent to an activating group) is 1. The fourth-order valence-corrected chi connectivity index (χ4v) is 2.94. The molecule has 0 saturated heterocycles. The topological polar surface area (TPSA) is 41.6 Å². The highest BCUT2D eigenvalue weighted by Gasteiger charge is 2.30. The van der Waals surface area contributed by atoms with Gasteiger partial charge in [0.25, 0.3) is 0 Å². The average molecular weight is 342 g/mol. The Bertz CT molecular complexity index is 732. The van der Waals surface area contributed by atoms with Crippen molar-refractivity contribution in [3.05, 3.63) is 65.5 Å². The molecule has 5 heteroatoms. The van der Waals surface area contributed by atoms with Crippen molar-refractivity contribution < 1.29 is 13.9 Å². The van der Waals surface area contributed by atoms with Gasteiger partial charge in [0.1, 0.15) is 6.04 Å². The number of rotatable bonds is 7. The fraction of sp³-hybridized carbons (Fsp3) is 0.350. The van der Waals surface area contributed by atoms with Gasteiger partial charge in [0, 0.05) is 12.6 Å². The van der Waals surface area contributed by atoms with Crippen molar-refractivity contribution in [2.24, 2.45) is 0 Å². The van der Waals surface area contributed by atoms with Gasteiger partial charge in [-0.2, -0.15) is 0 Å². The van der Waals surface area contributed by atoms with Gasteiger partial charge in [-0.15, -0.1) is 0 Å². The van der Waals surface area contributed by atoms with E-state index in [1.54, 1.807) is 6.07 Å². The fourth-order valence-electron chi connectivity index (χ4n) is 2.94. The van der Waals surface area contributed by atoms with Crippen LogP contribution in [0.15, 0.2) is 48.5 Å². The van der Waals surface area contributed by atoms with Crippen molar-refractivity contribution in [3.63, 3.8) is 0 Å². The van der Waals surface area contributed by atoms with Gasteiger partial charge < -0.3 is 10.1 Å². The summed E-state index contributed by atoms with van der Waals surface area (Å²) in [5.74, 6) is -0.185. The van der Waals surface area contributed by atoms with E-state index in [-0.39, 0.29) is 11.7 Å². The molecule has 1 fully saturated rings. The molecule has 3 rings (SSSR count). The predicted octanol–water partition coefficient (Wildman–Crippen LogP) is 3.29. The van der Waals surface area contributed by atoms with Crippen LogP contribution in [0.25, 0.3) is 0 Å². The van der Waals surface area contributed by atoms with Gasteiger partial charge in [0.05, 0.1) is 7.11 Å². The number of benzene rings is 2. The van der Waals surface area contributed by atoms with Crippen molar-refractivity contribution in [3.8, 4) is 5.75 Å². The summed E-state index contributed by atoms with van der Waals surface area (Å²) in [5.41, 5.74) is 1.72. The molecule has 0 aromatic heterocycles. The van der Waals surface area contributed by atoms with Crippen LogP contribution >= 0.6 is 0 Å². The second-order valence-corrected chi connectivity index (χ2v) is 6.48. The molecule has 4 nitrogen and oxygen atoms in total. The summed E-state index contributed by atoms with van der Waals surface area (Å²) in [6, 6.07) is 14.4. The standard InChI is InChI=1S/C20H23FN2O2/c1-23(13-14-8-11-18(25-2)17(21)12-14)19(15-6-4-3-5-7-15)20(24)22-16-9-10-16/h3-8,11-12,16,19H,9-10,13H2,1-2H3,(H,22,24)/t19-/m1/s1. The number of nitrogens with one attached hydrogen (secondary N) is 1. The van der Waals surface area contributed by atoms with Gasteiger partial charge in [0.15, 0.2) is 11.6 Å². The SMILES string of the molecule is COc1ccc(CN(C)[C@@H](C(=O)NC2CC2)c2ccccc2)cc1F. The Morgan fingerprint density at radius 2 is 2.00 bits per heavy atom. The number of carbonyl (C=O) groups excluding carboxylic acids is 1. The number of hydrogen-bond donors (Lipinski definition) is 1. The van der Waals surface area contributed by atoms with Crippen LogP contribution in [0.2, 0.25) is 0 Å². The maximum atomic E-state index is 13.9. The molecule has 1 N–H and O–H groups in total. The van der Waals surface area contributed by atoms with Crippen LogP contribution < -0.4 is 10.1 Å². The van der Waals surface area contributed by atoms with Gasteiger partial charge in [-0.05, 0) is 43.1 Å². The minimum Gasteiger partial charge on any atom is -0.494 e. The molecule has 2 aromatic rings. The van der Waals surface area contributed by atoms with Crippen molar-refractivity contribution in [1.82, 2.24) is 10.2 Å². The minimum atomic E-state index is -0.410. The number of hydrogen-bond acceptors (Lipinski definition) is 3. The minimum absolute atomic E-state index is 0.00909. The molecule has 0 aliphatic heterocycles. The smallest absolute Gasteiger partial charge is 0.242 e. The summed E-state index contributed by atoms with van der Waals surface area (Å²) in [4.78, 5) is 14.7. The molecule has 0 bridgehead atoms. The molecular weight excluding hydrogens is 319 g/mol. The second-order valence-electron chi connectivity index (χ2n) is 6.48. The van der Waals surface area contributed by atoms with Crippen LogP contribution in [-0.2, 0) is 11.3 Å². The largest absolute Gasteiger partial charge is 0.494 e. The zero-order chi connectivity index (χ0) is 17.8. The van der Waals surface area contributed by atoms with Gasteiger partial charge >= 0.3 is 0 Å². The van der Waals surface area contributed by atoms with E-state index in [1.165, 1.54) is 13.2 Å². The van der Waals surface area contributed by atoms with Crippen molar-refractivity contribution >= 4 is 5.91 Å². The van der Waals surface area contributed by atoms with Crippen molar-refractivity contribution in [2.45, 2.75) is 31.5 Å². The summed E-state index contributed by atoms with van der Waals surface area (Å²) >= 11 is 0. The van der Waals surface area contributed by atoms with Crippen LogP contribution in [-0.4, -0.2) is 31.0 Å². The zero-order valence-corrected chi connectivity index (χ0v) is 14.5. The van der Waals surface area contributed by atoms with Crippen molar-refractivity contribution in [1.29, 1.82) is 0 Å². The van der Waals surface area contributed by atoms with Crippen LogP contribution in [0.1, 0.15) is 30.0 Å². The van der Waals surface area contributed by atoms with E-state index in [0.29, 0.717) is 12.6 Å². The molecule has 132 valence electrons. The Labute approximate surface area is 147 Å². The highest BCUT2D eigenvalue weighted by Crippen LogP contribution is 2.26. The maximum absolute atomic E-state index is 13.9. The summed E-state index contributed by atoms with van der Waals surface area (Å²) in [6.07, 6.45) is 2.08. The Kier molecular flexibility index (Phi) is 5.34. The number of carbonyl (C=O) groups is 1. The lowest BCUT2D eigenvalue weighted by molar-refractivity contribution is -0.126. The molecule has 1 saturated carbocycles. The van der Waals surface area contributed by atoms with Gasteiger partial charge in [-0.1, -0.05) is 36.4 Å². The number of amides is 1. The first-order valence-corrected chi connectivity index (χ1v) is 8.46. The number of ether oxygens (including phenoxy) is 1. The number of halogens is 1. The molecule has 0 radical (unpaired) electrons.